The van der Waals surface area contributed by atoms with Crippen LogP contribution in [0.3, 0.4) is 0 Å². The topological polar surface area (TPSA) is 97.0 Å². The summed E-state index contributed by atoms with van der Waals surface area (Å²) >= 11 is 2.00. The Morgan fingerprint density at radius 1 is 1.44 bits per heavy atom. The molecule has 0 atom stereocenters. The van der Waals surface area contributed by atoms with Crippen LogP contribution >= 0.6 is 23.1 Å². The molecule has 0 aliphatic rings. The summed E-state index contributed by atoms with van der Waals surface area (Å²) in [6, 6.07) is 1.70. The number of rotatable bonds is 6. The number of aryl methyl sites for hydroxylation is 2. The van der Waals surface area contributed by atoms with E-state index in [2.05, 4.69) is 10.4 Å². The number of nitrogens with zero attached hydrogens (tertiary/aromatic N) is 3. The highest BCUT2D eigenvalue weighted by atomic mass is 32.2. The SMILES string of the molecule is CCOC(=O)c1sc(NC(=O)c2cc(C)n(CC)n2)c(SC#N)c1C. The number of ether oxygens (including phenoxy) is 1. The minimum absolute atomic E-state index is 0.256. The van der Waals surface area contributed by atoms with Crippen LogP contribution in [0, 0.1) is 24.5 Å². The number of thiocyanates is 1. The number of thiophene rings is 1. The number of thioether (sulfide) groups is 1. The molecule has 0 aromatic carbocycles. The van der Waals surface area contributed by atoms with Crippen LogP contribution in [0.5, 0.6) is 0 Å². The number of anilines is 1. The second-order valence-corrected chi connectivity index (χ2v) is 6.88. The zero-order valence-corrected chi connectivity index (χ0v) is 16.0. The highest BCUT2D eigenvalue weighted by Crippen LogP contribution is 2.40. The Balaban J connectivity index is 2.34. The van der Waals surface area contributed by atoms with E-state index >= 15 is 0 Å². The van der Waals surface area contributed by atoms with E-state index in [1.54, 1.807) is 24.6 Å². The highest BCUT2D eigenvalue weighted by molar-refractivity contribution is 8.04. The third-order valence-corrected chi connectivity index (χ3v) is 5.56. The van der Waals surface area contributed by atoms with E-state index in [0.717, 1.165) is 28.8 Å². The van der Waals surface area contributed by atoms with Gasteiger partial charge in [-0.25, -0.2) is 4.79 Å². The van der Waals surface area contributed by atoms with Crippen LogP contribution in [-0.2, 0) is 11.3 Å². The number of nitriles is 1. The van der Waals surface area contributed by atoms with Crippen molar-refractivity contribution in [1.29, 1.82) is 5.26 Å². The predicted octanol–water partition coefficient (Wildman–Crippen LogP) is 3.58. The van der Waals surface area contributed by atoms with E-state index in [-0.39, 0.29) is 18.2 Å². The fourth-order valence-electron chi connectivity index (χ4n) is 2.25. The number of hydrogen-bond donors (Lipinski definition) is 1. The van der Waals surface area contributed by atoms with Crippen molar-refractivity contribution >= 4 is 40.0 Å². The van der Waals surface area contributed by atoms with Crippen molar-refractivity contribution in [2.45, 2.75) is 39.1 Å². The molecular weight excluding hydrogens is 360 g/mol. The fraction of sp³-hybridized carbons (Fsp3) is 0.375. The molecule has 1 amide bonds. The van der Waals surface area contributed by atoms with E-state index in [0.29, 0.717) is 26.9 Å². The van der Waals surface area contributed by atoms with Crippen LogP contribution in [0.4, 0.5) is 5.00 Å². The second-order valence-electron chi connectivity index (χ2n) is 5.07. The lowest BCUT2D eigenvalue weighted by atomic mass is 10.3. The Morgan fingerprint density at radius 3 is 2.72 bits per heavy atom. The molecule has 0 aliphatic carbocycles. The Kier molecular flexibility index (Phi) is 6.22. The Hall–Kier alpha value is -2.31. The molecule has 2 heterocycles. The highest BCUT2D eigenvalue weighted by Gasteiger charge is 2.23. The first-order valence-corrected chi connectivity index (χ1v) is 9.28. The summed E-state index contributed by atoms with van der Waals surface area (Å²) in [6.07, 6.45) is 0. The van der Waals surface area contributed by atoms with Gasteiger partial charge in [-0.1, -0.05) is 0 Å². The van der Waals surface area contributed by atoms with Gasteiger partial charge in [-0.2, -0.15) is 10.4 Å². The number of esters is 1. The first-order chi connectivity index (χ1) is 11.9. The summed E-state index contributed by atoms with van der Waals surface area (Å²) in [7, 11) is 0. The van der Waals surface area contributed by atoms with Crippen LogP contribution in [0.1, 0.15) is 45.3 Å². The average molecular weight is 378 g/mol. The summed E-state index contributed by atoms with van der Waals surface area (Å²) in [5.41, 5.74) is 1.80. The van der Waals surface area contributed by atoms with Gasteiger partial charge in [0.2, 0.25) is 0 Å². The van der Waals surface area contributed by atoms with Gasteiger partial charge in [-0.05, 0) is 51.1 Å². The lowest BCUT2D eigenvalue weighted by Crippen LogP contribution is -2.13. The van der Waals surface area contributed by atoms with Crippen LogP contribution in [0.15, 0.2) is 11.0 Å². The van der Waals surface area contributed by atoms with Crippen molar-refractivity contribution in [1.82, 2.24) is 9.78 Å². The zero-order valence-electron chi connectivity index (χ0n) is 14.4. The lowest BCUT2D eigenvalue weighted by molar-refractivity contribution is 0.0531. The molecule has 2 aromatic rings. The summed E-state index contributed by atoms with van der Waals surface area (Å²) in [6.45, 7) is 8.19. The van der Waals surface area contributed by atoms with Crippen LogP contribution in [-0.4, -0.2) is 28.3 Å². The largest absolute Gasteiger partial charge is 0.462 e. The van der Waals surface area contributed by atoms with Crippen molar-refractivity contribution < 1.29 is 14.3 Å². The fourth-order valence-corrected chi connectivity index (χ4v) is 4.04. The van der Waals surface area contributed by atoms with Gasteiger partial charge in [0, 0.05) is 12.2 Å². The van der Waals surface area contributed by atoms with Gasteiger partial charge in [0.25, 0.3) is 5.91 Å². The smallest absolute Gasteiger partial charge is 0.348 e. The van der Waals surface area contributed by atoms with E-state index in [1.807, 2.05) is 19.2 Å². The molecule has 0 spiro atoms. The van der Waals surface area contributed by atoms with E-state index in [9.17, 15) is 9.59 Å². The van der Waals surface area contributed by atoms with Gasteiger partial charge < -0.3 is 10.1 Å². The Morgan fingerprint density at radius 2 is 2.16 bits per heavy atom. The standard InChI is InChI=1S/C16H18N4O3S2/c1-5-20-9(3)7-11(19-20)14(21)18-15-12(24-8-17)10(4)13(25-15)16(22)23-6-2/h7H,5-6H2,1-4H3,(H,18,21). The minimum Gasteiger partial charge on any atom is -0.462 e. The molecule has 0 saturated carbocycles. The number of carbonyl (C=O) groups excluding carboxylic acids is 2. The molecule has 2 aromatic heterocycles. The maximum Gasteiger partial charge on any atom is 0.348 e. The monoisotopic (exact) mass is 378 g/mol. The van der Waals surface area contributed by atoms with Crippen molar-refractivity contribution in [3.05, 3.63) is 27.9 Å². The molecule has 132 valence electrons. The van der Waals surface area contributed by atoms with Gasteiger partial charge in [0.1, 0.15) is 15.3 Å². The number of aromatic nitrogens is 2. The van der Waals surface area contributed by atoms with Crippen molar-refractivity contribution in [2.75, 3.05) is 11.9 Å². The summed E-state index contributed by atoms with van der Waals surface area (Å²) in [4.78, 5) is 25.5. The first kappa shape index (κ1) is 19.0. The van der Waals surface area contributed by atoms with E-state index in [1.165, 1.54) is 0 Å². The van der Waals surface area contributed by atoms with Crippen molar-refractivity contribution in [2.24, 2.45) is 0 Å². The summed E-state index contributed by atoms with van der Waals surface area (Å²) in [5, 5.41) is 18.4. The third kappa shape index (κ3) is 4.03. The Labute approximate surface area is 154 Å². The maximum atomic E-state index is 12.5. The molecular formula is C16H18N4O3S2. The normalized spacial score (nSPS) is 10.4. The van der Waals surface area contributed by atoms with E-state index < -0.39 is 5.97 Å². The summed E-state index contributed by atoms with van der Waals surface area (Å²) < 4.78 is 6.76. The van der Waals surface area contributed by atoms with Gasteiger partial charge in [-0.15, -0.1) is 11.3 Å². The average Bonchev–Trinajstić information content (AvgIpc) is 3.10. The van der Waals surface area contributed by atoms with Gasteiger partial charge in [0.05, 0.1) is 11.5 Å². The van der Waals surface area contributed by atoms with Crippen molar-refractivity contribution in [3.63, 3.8) is 0 Å². The van der Waals surface area contributed by atoms with Gasteiger partial charge in [-0.3, -0.25) is 9.48 Å². The third-order valence-electron chi connectivity index (χ3n) is 3.44. The number of hydrogen-bond acceptors (Lipinski definition) is 7. The van der Waals surface area contributed by atoms with Gasteiger partial charge >= 0.3 is 5.97 Å². The van der Waals surface area contributed by atoms with E-state index in [4.69, 9.17) is 10.00 Å². The molecule has 0 aliphatic heterocycles. The first-order valence-electron chi connectivity index (χ1n) is 7.65. The Bertz CT molecular complexity index is 848. The number of nitrogens with one attached hydrogen (secondary N) is 1. The number of amides is 1. The molecule has 7 nitrogen and oxygen atoms in total. The maximum absolute atomic E-state index is 12.5. The van der Waals surface area contributed by atoms with Gasteiger partial charge in [0.15, 0.2) is 5.69 Å². The molecule has 1 N–H and O–H groups in total. The molecule has 2 rings (SSSR count). The minimum atomic E-state index is -0.462. The van der Waals surface area contributed by atoms with Crippen LogP contribution in [0.2, 0.25) is 0 Å². The molecule has 25 heavy (non-hydrogen) atoms. The molecule has 0 bridgehead atoms. The predicted molar refractivity (Wildman–Crippen MR) is 97.1 cm³/mol. The quantitative estimate of drug-likeness (QED) is 0.469. The molecule has 0 fully saturated rings. The zero-order chi connectivity index (χ0) is 18.6. The number of carbonyl (C=O) groups is 2. The van der Waals surface area contributed by atoms with Crippen LogP contribution in [0.25, 0.3) is 0 Å². The molecule has 9 heteroatoms. The molecule has 0 saturated heterocycles. The van der Waals surface area contributed by atoms with Crippen LogP contribution < -0.4 is 5.32 Å². The van der Waals surface area contributed by atoms with Crippen molar-refractivity contribution in [3.8, 4) is 5.40 Å². The second kappa shape index (κ2) is 8.18. The lowest BCUT2D eigenvalue weighted by Gasteiger charge is -2.02. The molecule has 0 radical (unpaired) electrons. The summed E-state index contributed by atoms with van der Waals surface area (Å²) in [5.74, 6) is -0.844. The molecule has 0 unspecified atom stereocenters.